The minimum atomic E-state index is -3.94. The monoisotopic (exact) mass is 299 g/mol. The lowest BCUT2D eigenvalue weighted by Crippen LogP contribution is -1.94. The molecule has 0 amide bonds. The lowest BCUT2D eigenvalue weighted by Gasteiger charge is -1.97. The van der Waals surface area contributed by atoms with Gasteiger partial charge >= 0.3 is 0 Å². The molecule has 0 heterocycles. The summed E-state index contributed by atoms with van der Waals surface area (Å²) < 4.78 is 22.0. The summed E-state index contributed by atoms with van der Waals surface area (Å²) in [4.78, 5) is 9.38. The Morgan fingerprint density at radius 1 is 1.36 bits per heavy atom. The normalized spacial score (nSPS) is 11.3. The molecule has 0 N–H and O–H groups in total. The molecule has 0 fully saturated rings. The van der Waals surface area contributed by atoms with Gasteiger partial charge in [-0.1, -0.05) is 15.9 Å². The molecule has 0 saturated carbocycles. The highest BCUT2D eigenvalue weighted by atomic mass is 79.9. The Labute approximate surface area is 92.4 Å². The summed E-state index contributed by atoms with van der Waals surface area (Å²) in [7, 11) is 1.09. The number of nitro benzene ring substituents is 1. The fourth-order valence-electron chi connectivity index (χ4n) is 0.794. The maximum Gasteiger partial charge on any atom is 0.271 e. The van der Waals surface area contributed by atoms with Gasteiger partial charge in [0.2, 0.25) is 0 Å². The third-order valence-electron chi connectivity index (χ3n) is 1.35. The smallest absolute Gasteiger partial charge is 0.258 e. The molecule has 1 aromatic rings. The van der Waals surface area contributed by atoms with Crippen LogP contribution in [0.15, 0.2) is 27.6 Å². The molecule has 8 heteroatoms. The second-order valence-corrected chi connectivity index (χ2v) is 5.82. The molecular formula is C6H3BrClNO4S. The second-order valence-electron chi connectivity index (χ2n) is 2.34. The molecule has 0 atom stereocenters. The zero-order valence-corrected chi connectivity index (χ0v) is 9.63. The summed E-state index contributed by atoms with van der Waals surface area (Å²) in [5.74, 6) is 0. The highest BCUT2D eigenvalue weighted by molar-refractivity contribution is 9.10. The van der Waals surface area contributed by atoms with Crippen LogP contribution >= 0.6 is 26.6 Å². The Balaban J connectivity index is 3.43. The first kappa shape index (κ1) is 11.4. The zero-order chi connectivity index (χ0) is 10.9. The van der Waals surface area contributed by atoms with Gasteiger partial charge in [0.1, 0.15) is 0 Å². The van der Waals surface area contributed by atoms with Crippen LogP contribution in [-0.2, 0) is 9.05 Å². The molecule has 76 valence electrons. The third-order valence-corrected chi connectivity index (χ3v) is 3.14. The number of halogens is 2. The quantitative estimate of drug-likeness (QED) is 0.477. The van der Waals surface area contributed by atoms with E-state index in [1.807, 2.05) is 0 Å². The molecule has 0 aliphatic rings. The summed E-state index contributed by atoms with van der Waals surface area (Å²) >= 11 is 2.95. The number of rotatable bonds is 2. The van der Waals surface area contributed by atoms with E-state index in [1.54, 1.807) is 0 Å². The van der Waals surface area contributed by atoms with Crippen LogP contribution < -0.4 is 0 Å². The van der Waals surface area contributed by atoms with Crippen molar-refractivity contribution in [3.05, 3.63) is 32.8 Å². The minimum absolute atomic E-state index is 0.283. The Morgan fingerprint density at radius 3 is 2.36 bits per heavy atom. The lowest BCUT2D eigenvalue weighted by molar-refractivity contribution is -0.385. The highest BCUT2D eigenvalue weighted by Crippen LogP contribution is 2.26. The second kappa shape index (κ2) is 3.84. The highest BCUT2D eigenvalue weighted by Gasteiger charge is 2.16. The summed E-state index contributed by atoms with van der Waals surface area (Å²) in [6.07, 6.45) is 0. The van der Waals surface area contributed by atoms with E-state index in [1.165, 1.54) is 12.1 Å². The van der Waals surface area contributed by atoms with E-state index < -0.39 is 14.0 Å². The molecule has 0 aliphatic heterocycles. The molecule has 0 saturated heterocycles. The topological polar surface area (TPSA) is 77.3 Å². The Hall–Kier alpha value is -0.660. The molecule has 1 rings (SSSR count). The van der Waals surface area contributed by atoms with Crippen molar-refractivity contribution >= 4 is 41.4 Å². The average molecular weight is 301 g/mol. The summed E-state index contributed by atoms with van der Waals surface area (Å²) in [5.41, 5.74) is -0.335. The molecule has 0 unspecified atom stereocenters. The van der Waals surface area contributed by atoms with Crippen LogP contribution in [0.25, 0.3) is 0 Å². The van der Waals surface area contributed by atoms with Crippen molar-refractivity contribution in [1.82, 2.24) is 0 Å². The molecule has 0 aliphatic carbocycles. The van der Waals surface area contributed by atoms with Crippen molar-refractivity contribution < 1.29 is 13.3 Å². The molecule has 1 aromatic carbocycles. The van der Waals surface area contributed by atoms with Crippen LogP contribution in [0.2, 0.25) is 0 Å². The predicted octanol–water partition coefficient (Wildman–Crippen LogP) is 2.28. The molecule has 0 aromatic heterocycles. The minimum Gasteiger partial charge on any atom is -0.258 e. The van der Waals surface area contributed by atoms with Crippen molar-refractivity contribution in [2.24, 2.45) is 0 Å². The number of nitrogens with zero attached hydrogens (tertiary/aromatic N) is 1. The van der Waals surface area contributed by atoms with Crippen LogP contribution in [0.5, 0.6) is 0 Å². The number of benzene rings is 1. The van der Waals surface area contributed by atoms with Crippen LogP contribution in [-0.4, -0.2) is 13.3 Å². The van der Waals surface area contributed by atoms with Crippen LogP contribution in [0.1, 0.15) is 0 Å². The van der Waals surface area contributed by atoms with E-state index >= 15 is 0 Å². The fourth-order valence-corrected chi connectivity index (χ4v) is 2.22. The number of hydrogen-bond donors (Lipinski definition) is 0. The Kier molecular flexibility index (Phi) is 3.13. The number of hydrogen-bond acceptors (Lipinski definition) is 4. The Morgan fingerprint density at radius 2 is 1.93 bits per heavy atom. The van der Waals surface area contributed by atoms with Gasteiger partial charge in [-0.3, -0.25) is 10.1 Å². The van der Waals surface area contributed by atoms with E-state index in [2.05, 4.69) is 15.9 Å². The molecule has 0 radical (unpaired) electrons. The third kappa shape index (κ3) is 2.66. The van der Waals surface area contributed by atoms with Crippen molar-refractivity contribution in [1.29, 1.82) is 0 Å². The molecular weight excluding hydrogens is 297 g/mol. The van der Waals surface area contributed by atoms with Gasteiger partial charge < -0.3 is 0 Å². The van der Waals surface area contributed by atoms with Gasteiger partial charge in [0.25, 0.3) is 14.7 Å². The summed E-state index contributed by atoms with van der Waals surface area (Å²) in [6.45, 7) is 0. The molecule has 0 spiro atoms. The standard InChI is InChI=1S/C6H3BrClNO4S/c7-4-1-5(9(10)11)3-6(2-4)14(8,12)13/h1-3H. The number of nitro groups is 1. The van der Waals surface area contributed by atoms with Crippen LogP contribution in [0.4, 0.5) is 5.69 Å². The SMILES string of the molecule is O=[N+]([O-])c1cc(Br)cc(S(=O)(=O)Cl)c1. The van der Waals surface area contributed by atoms with Crippen molar-refractivity contribution in [3.63, 3.8) is 0 Å². The van der Waals surface area contributed by atoms with Gasteiger partial charge in [-0.25, -0.2) is 8.42 Å². The molecule has 0 bridgehead atoms. The van der Waals surface area contributed by atoms with Crippen molar-refractivity contribution in [2.75, 3.05) is 0 Å². The Bertz CT molecular complexity index is 487. The van der Waals surface area contributed by atoms with Crippen LogP contribution in [0, 0.1) is 10.1 Å². The maximum atomic E-state index is 10.9. The maximum absolute atomic E-state index is 10.9. The van der Waals surface area contributed by atoms with Gasteiger partial charge in [0.05, 0.1) is 9.82 Å². The van der Waals surface area contributed by atoms with Gasteiger partial charge in [0, 0.05) is 27.3 Å². The van der Waals surface area contributed by atoms with E-state index in [0.29, 0.717) is 0 Å². The van der Waals surface area contributed by atoms with Gasteiger partial charge in [0.15, 0.2) is 0 Å². The molecule has 5 nitrogen and oxygen atoms in total. The predicted molar refractivity (Wildman–Crippen MR) is 53.8 cm³/mol. The molecule has 14 heavy (non-hydrogen) atoms. The first-order valence-electron chi connectivity index (χ1n) is 3.20. The van der Waals surface area contributed by atoms with E-state index in [4.69, 9.17) is 10.7 Å². The van der Waals surface area contributed by atoms with E-state index in [-0.39, 0.29) is 15.1 Å². The van der Waals surface area contributed by atoms with E-state index in [0.717, 1.165) is 6.07 Å². The summed E-state index contributed by atoms with van der Waals surface area (Å²) in [6, 6.07) is 3.27. The largest absolute Gasteiger partial charge is 0.271 e. The van der Waals surface area contributed by atoms with Gasteiger partial charge in [-0.05, 0) is 6.07 Å². The summed E-state index contributed by atoms with van der Waals surface area (Å²) in [5, 5.41) is 10.4. The fraction of sp³-hybridized carbons (Fsp3) is 0. The van der Waals surface area contributed by atoms with E-state index in [9.17, 15) is 18.5 Å². The van der Waals surface area contributed by atoms with Gasteiger partial charge in [-0.15, -0.1) is 0 Å². The zero-order valence-electron chi connectivity index (χ0n) is 6.48. The lowest BCUT2D eigenvalue weighted by atomic mass is 10.3. The van der Waals surface area contributed by atoms with Gasteiger partial charge in [-0.2, -0.15) is 0 Å². The number of non-ortho nitro benzene ring substituents is 1. The first-order valence-corrected chi connectivity index (χ1v) is 6.30. The average Bonchev–Trinajstić information content (AvgIpc) is 2.01. The van der Waals surface area contributed by atoms with Crippen LogP contribution in [0.3, 0.4) is 0 Å². The van der Waals surface area contributed by atoms with Crippen molar-refractivity contribution in [3.8, 4) is 0 Å². The first-order chi connectivity index (χ1) is 6.30. The van der Waals surface area contributed by atoms with Crippen molar-refractivity contribution in [2.45, 2.75) is 4.90 Å².